The van der Waals surface area contributed by atoms with Crippen LogP contribution in [0.15, 0.2) is 168 Å². The van der Waals surface area contributed by atoms with E-state index in [9.17, 15) is 0 Å². The van der Waals surface area contributed by atoms with Crippen LogP contribution in [0, 0.1) is 10.8 Å². The maximum atomic E-state index is 8.90. The van der Waals surface area contributed by atoms with Gasteiger partial charge in [-0.15, -0.1) is 0 Å². The van der Waals surface area contributed by atoms with Crippen molar-refractivity contribution in [1.29, 1.82) is 10.8 Å². The van der Waals surface area contributed by atoms with Crippen LogP contribution in [0.5, 0.6) is 0 Å². The number of allylic oxidation sites excluding steroid dienone is 2. The molecule has 0 unspecified atom stereocenters. The molecule has 1 aliphatic carbocycles. The van der Waals surface area contributed by atoms with E-state index in [1.54, 1.807) is 12.2 Å². The summed E-state index contributed by atoms with van der Waals surface area (Å²) in [5, 5.41) is 17.4. The number of benzene rings is 6. The highest BCUT2D eigenvalue weighted by atomic mass is 32.2. The molecule has 3 heteroatoms. The molecule has 0 saturated carbocycles. The molecule has 2 aliphatic rings. The van der Waals surface area contributed by atoms with Gasteiger partial charge in [0, 0.05) is 15.2 Å². The summed E-state index contributed by atoms with van der Waals surface area (Å²) < 4.78 is 0. The first kappa shape index (κ1) is 29.2. The summed E-state index contributed by atoms with van der Waals surface area (Å²) in [5.74, 6) is 0. The van der Waals surface area contributed by atoms with Crippen LogP contribution < -0.4 is 0 Å². The molecule has 47 heavy (non-hydrogen) atoms. The molecule has 1 spiro atoms. The van der Waals surface area contributed by atoms with E-state index in [-0.39, 0.29) is 5.41 Å². The summed E-state index contributed by atoms with van der Waals surface area (Å²) in [7, 11) is 0. The second-order valence-electron chi connectivity index (χ2n) is 12.9. The van der Waals surface area contributed by atoms with Gasteiger partial charge in [0.05, 0.1) is 16.8 Å². The zero-order valence-corrected chi connectivity index (χ0v) is 27.2. The van der Waals surface area contributed by atoms with Crippen LogP contribution in [0.1, 0.15) is 58.4 Å². The molecule has 0 bridgehead atoms. The lowest BCUT2D eigenvalue weighted by molar-refractivity contribution is 0.549. The summed E-state index contributed by atoms with van der Waals surface area (Å²) in [5.41, 5.74) is 12.1. The quantitative estimate of drug-likeness (QED) is 0.184. The molecule has 0 saturated heterocycles. The normalized spacial score (nSPS) is 14.9. The van der Waals surface area contributed by atoms with Gasteiger partial charge in [0.15, 0.2) is 0 Å². The molecule has 8 rings (SSSR count). The summed E-state index contributed by atoms with van der Waals surface area (Å²) in [6, 6.07) is 51.7. The van der Waals surface area contributed by atoms with E-state index in [1.807, 2.05) is 54.2 Å². The molecule has 1 heterocycles. The van der Waals surface area contributed by atoms with Crippen molar-refractivity contribution in [3.05, 3.63) is 202 Å². The first-order chi connectivity index (χ1) is 22.9. The first-order valence-electron chi connectivity index (χ1n) is 16.0. The van der Waals surface area contributed by atoms with Gasteiger partial charge < -0.3 is 10.8 Å². The monoisotopic (exact) mass is 622 g/mol. The van der Waals surface area contributed by atoms with E-state index in [1.165, 1.54) is 43.2 Å². The Bertz CT molecular complexity index is 2190. The SMILES string of the molecule is CC1(C)c2ccccc2C2(c3ccccc3Sc3c(-c4cccc(C(=N)/C=C\C(=N)c5ccccc5)c4)cccc32)c2ccccc21. The topological polar surface area (TPSA) is 47.7 Å². The molecule has 226 valence electrons. The van der Waals surface area contributed by atoms with Crippen molar-refractivity contribution >= 4 is 23.2 Å². The van der Waals surface area contributed by atoms with Crippen molar-refractivity contribution in [3.8, 4) is 11.1 Å². The number of nitrogens with one attached hydrogen (secondary N) is 2. The van der Waals surface area contributed by atoms with Crippen molar-refractivity contribution < 1.29 is 0 Å². The van der Waals surface area contributed by atoms with Gasteiger partial charge in [0.1, 0.15) is 0 Å². The maximum absolute atomic E-state index is 8.90. The highest BCUT2D eigenvalue weighted by Gasteiger charge is 2.52. The molecule has 0 aromatic heterocycles. The van der Waals surface area contributed by atoms with Gasteiger partial charge >= 0.3 is 0 Å². The average molecular weight is 623 g/mol. The number of rotatable bonds is 5. The van der Waals surface area contributed by atoms with E-state index < -0.39 is 5.41 Å². The second-order valence-corrected chi connectivity index (χ2v) is 13.9. The van der Waals surface area contributed by atoms with E-state index in [0.29, 0.717) is 11.4 Å². The molecule has 0 atom stereocenters. The second kappa shape index (κ2) is 11.2. The van der Waals surface area contributed by atoms with Crippen molar-refractivity contribution in [2.45, 2.75) is 34.5 Å². The van der Waals surface area contributed by atoms with E-state index in [4.69, 9.17) is 10.8 Å². The molecule has 0 fully saturated rings. The molecule has 2 N–H and O–H groups in total. The molecular formula is C44H34N2S. The molecular weight excluding hydrogens is 589 g/mol. The number of fused-ring (bicyclic) bond motifs is 8. The summed E-state index contributed by atoms with van der Waals surface area (Å²) in [4.78, 5) is 2.52. The third-order valence-corrected chi connectivity index (χ3v) is 11.1. The maximum Gasteiger partial charge on any atom is 0.0729 e. The Balaban J connectivity index is 1.31. The van der Waals surface area contributed by atoms with Crippen molar-refractivity contribution in [2.75, 3.05) is 0 Å². The Labute approximate surface area is 280 Å². The van der Waals surface area contributed by atoms with Gasteiger partial charge in [-0.25, -0.2) is 0 Å². The molecule has 0 amide bonds. The minimum Gasteiger partial charge on any atom is -0.300 e. The molecule has 6 aromatic carbocycles. The van der Waals surface area contributed by atoms with Gasteiger partial charge in [-0.05, 0) is 79.9 Å². The van der Waals surface area contributed by atoms with Crippen molar-refractivity contribution in [2.24, 2.45) is 0 Å². The highest BCUT2D eigenvalue weighted by Crippen LogP contribution is 2.62. The fourth-order valence-corrected chi connectivity index (χ4v) is 9.03. The largest absolute Gasteiger partial charge is 0.300 e. The van der Waals surface area contributed by atoms with Crippen LogP contribution in [0.25, 0.3) is 11.1 Å². The van der Waals surface area contributed by atoms with Crippen LogP contribution in [-0.2, 0) is 10.8 Å². The first-order valence-corrected chi connectivity index (χ1v) is 16.8. The third-order valence-electron chi connectivity index (χ3n) is 9.92. The summed E-state index contributed by atoms with van der Waals surface area (Å²) in [6.45, 7) is 4.71. The lowest BCUT2D eigenvalue weighted by atomic mass is 9.54. The average Bonchev–Trinajstić information content (AvgIpc) is 3.12. The fourth-order valence-electron chi connectivity index (χ4n) is 7.70. The summed E-state index contributed by atoms with van der Waals surface area (Å²) >= 11 is 1.85. The highest BCUT2D eigenvalue weighted by molar-refractivity contribution is 7.99. The van der Waals surface area contributed by atoms with Crippen molar-refractivity contribution in [3.63, 3.8) is 0 Å². The molecule has 2 nitrogen and oxygen atoms in total. The van der Waals surface area contributed by atoms with E-state index in [2.05, 4.69) is 117 Å². The standard InChI is InChI=1S/C44H34N2S/c1-43(2)33-19-6-8-21-35(33)44(36-22-9-7-20-34(36)43)37-23-10-11-25-41(37)47-42-32(18-13-24-38(42)44)30-16-12-17-31(28-30)40(46)27-26-39(45)29-14-4-3-5-15-29/h3-28,45-46H,1-2H3/b27-26-,45-39?,46-40?. The van der Waals surface area contributed by atoms with Gasteiger partial charge in [0.25, 0.3) is 0 Å². The number of hydrogen-bond donors (Lipinski definition) is 2. The minimum atomic E-state index is -0.471. The van der Waals surface area contributed by atoms with Crippen LogP contribution in [0.3, 0.4) is 0 Å². The van der Waals surface area contributed by atoms with Gasteiger partial charge in [0.2, 0.25) is 0 Å². The Morgan fingerprint density at radius 1 is 0.511 bits per heavy atom. The Morgan fingerprint density at radius 3 is 1.70 bits per heavy atom. The van der Waals surface area contributed by atoms with Crippen LogP contribution in [-0.4, -0.2) is 11.4 Å². The Hall–Kier alpha value is -5.25. The Kier molecular flexibility index (Phi) is 6.96. The molecule has 0 radical (unpaired) electrons. The van der Waals surface area contributed by atoms with Gasteiger partial charge in [-0.2, -0.15) is 0 Å². The lowest BCUT2D eigenvalue weighted by Crippen LogP contribution is -2.43. The predicted molar refractivity (Wildman–Crippen MR) is 196 cm³/mol. The zero-order chi connectivity index (χ0) is 32.2. The third kappa shape index (κ3) is 4.49. The van der Waals surface area contributed by atoms with E-state index in [0.717, 1.165) is 22.3 Å². The van der Waals surface area contributed by atoms with Gasteiger partial charge in [-0.3, -0.25) is 0 Å². The minimum absolute atomic E-state index is 0.144. The van der Waals surface area contributed by atoms with Crippen LogP contribution in [0.2, 0.25) is 0 Å². The van der Waals surface area contributed by atoms with Gasteiger partial charge in [-0.1, -0.05) is 159 Å². The number of hydrogen-bond acceptors (Lipinski definition) is 3. The fraction of sp³-hybridized carbons (Fsp3) is 0.0909. The molecule has 6 aromatic rings. The smallest absolute Gasteiger partial charge is 0.0729 e. The molecule has 1 aliphatic heterocycles. The zero-order valence-electron chi connectivity index (χ0n) is 26.4. The van der Waals surface area contributed by atoms with Crippen LogP contribution >= 0.6 is 11.8 Å². The van der Waals surface area contributed by atoms with Crippen molar-refractivity contribution in [1.82, 2.24) is 0 Å². The Morgan fingerprint density at radius 2 is 1.02 bits per heavy atom. The lowest BCUT2D eigenvalue weighted by Gasteiger charge is -2.50. The summed E-state index contributed by atoms with van der Waals surface area (Å²) in [6.07, 6.45) is 3.44. The van der Waals surface area contributed by atoms with E-state index >= 15 is 0 Å². The van der Waals surface area contributed by atoms with Crippen LogP contribution in [0.4, 0.5) is 0 Å². The predicted octanol–water partition coefficient (Wildman–Crippen LogP) is 10.8.